The molecular weight excluding hydrogens is 438 g/mol. The first-order valence-corrected chi connectivity index (χ1v) is 11.1. The lowest BCUT2D eigenvalue weighted by molar-refractivity contribution is 0.302. The van der Waals surface area contributed by atoms with Crippen molar-refractivity contribution < 1.29 is 17.9 Å². The van der Waals surface area contributed by atoms with Gasteiger partial charge in [-0.2, -0.15) is 0 Å². The average molecular weight is 454 g/mol. The van der Waals surface area contributed by atoms with E-state index in [2.05, 4.69) is 20.9 Å². The number of aromatic nitrogens is 1. The zero-order valence-electron chi connectivity index (χ0n) is 14.1. The molecule has 0 fully saturated rings. The van der Waals surface area contributed by atoms with Crippen LogP contribution in [0.15, 0.2) is 57.2 Å². The third kappa shape index (κ3) is 4.44. The lowest BCUT2D eigenvalue weighted by Crippen LogP contribution is -1.98. The number of ether oxygens (including phenoxy) is 2. The first kappa shape index (κ1) is 18.9. The Hall–Kier alpha value is -1.90. The maximum absolute atomic E-state index is 11.5. The van der Waals surface area contributed by atoms with E-state index in [1.807, 2.05) is 23.6 Å². The molecule has 8 heteroatoms. The fourth-order valence-corrected chi connectivity index (χ4v) is 4.10. The summed E-state index contributed by atoms with van der Waals surface area (Å²) in [6.07, 6.45) is 1.18. The van der Waals surface area contributed by atoms with Crippen molar-refractivity contribution in [2.45, 2.75) is 11.5 Å². The molecule has 1 aromatic heterocycles. The molecule has 0 unspecified atom stereocenters. The highest BCUT2D eigenvalue weighted by Crippen LogP contribution is 2.34. The topological polar surface area (TPSA) is 65.5 Å². The summed E-state index contributed by atoms with van der Waals surface area (Å²) in [5.74, 6) is 1.35. The van der Waals surface area contributed by atoms with Crippen LogP contribution < -0.4 is 9.47 Å². The van der Waals surface area contributed by atoms with Crippen molar-refractivity contribution in [1.29, 1.82) is 0 Å². The van der Waals surface area contributed by atoms with Crippen LogP contribution in [0.1, 0.15) is 5.69 Å². The Labute approximate surface area is 164 Å². The molecule has 0 aliphatic rings. The lowest BCUT2D eigenvalue weighted by Gasteiger charge is -2.06. The maximum Gasteiger partial charge on any atom is 0.175 e. The van der Waals surface area contributed by atoms with Crippen LogP contribution in [0.3, 0.4) is 0 Å². The molecule has 1 heterocycles. The monoisotopic (exact) mass is 453 g/mol. The molecule has 0 N–H and O–H groups in total. The molecule has 136 valence electrons. The Morgan fingerprint density at radius 3 is 2.54 bits per heavy atom. The highest BCUT2D eigenvalue weighted by molar-refractivity contribution is 9.10. The molecule has 0 amide bonds. The van der Waals surface area contributed by atoms with E-state index in [-0.39, 0.29) is 4.90 Å². The summed E-state index contributed by atoms with van der Waals surface area (Å²) in [6, 6.07) is 12.1. The van der Waals surface area contributed by atoms with Gasteiger partial charge in [0.25, 0.3) is 0 Å². The second kappa shape index (κ2) is 7.77. The van der Waals surface area contributed by atoms with Gasteiger partial charge >= 0.3 is 0 Å². The number of hydrogen-bond acceptors (Lipinski definition) is 6. The van der Waals surface area contributed by atoms with Crippen molar-refractivity contribution in [1.82, 2.24) is 4.98 Å². The van der Waals surface area contributed by atoms with Gasteiger partial charge in [0.1, 0.15) is 23.1 Å². The molecule has 26 heavy (non-hydrogen) atoms. The summed E-state index contributed by atoms with van der Waals surface area (Å²) in [6.45, 7) is 0.297. The number of halogens is 1. The van der Waals surface area contributed by atoms with Crippen molar-refractivity contribution in [3.63, 3.8) is 0 Å². The highest BCUT2D eigenvalue weighted by atomic mass is 79.9. The third-order valence-electron chi connectivity index (χ3n) is 3.58. The van der Waals surface area contributed by atoms with E-state index in [9.17, 15) is 8.42 Å². The molecule has 2 aromatic carbocycles. The predicted octanol–water partition coefficient (Wildman–Crippen LogP) is 4.56. The minimum absolute atomic E-state index is 0.266. The number of nitrogens with zero attached hydrogens (tertiary/aromatic N) is 1. The molecule has 0 aliphatic carbocycles. The van der Waals surface area contributed by atoms with E-state index in [1.165, 1.54) is 29.7 Å². The lowest BCUT2D eigenvalue weighted by atomic mass is 10.2. The van der Waals surface area contributed by atoms with Gasteiger partial charge in [-0.1, -0.05) is 15.9 Å². The van der Waals surface area contributed by atoms with E-state index in [0.717, 1.165) is 26.5 Å². The number of benzene rings is 2. The maximum atomic E-state index is 11.5. The van der Waals surface area contributed by atoms with Gasteiger partial charge in [-0.25, -0.2) is 13.4 Å². The Morgan fingerprint density at radius 2 is 1.88 bits per heavy atom. The molecule has 0 atom stereocenters. The van der Waals surface area contributed by atoms with Gasteiger partial charge in [0, 0.05) is 16.1 Å². The Balaban J connectivity index is 1.72. The number of hydrogen-bond donors (Lipinski definition) is 0. The van der Waals surface area contributed by atoms with Crippen LogP contribution in [0.25, 0.3) is 10.6 Å². The van der Waals surface area contributed by atoms with Crippen LogP contribution >= 0.6 is 27.3 Å². The van der Waals surface area contributed by atoms with Crippen molar-refractivity contribution in [3.05, 3.63) is 58.0 Å². The second-order valence-corrected chi connectivity index (χ2v) is 9.31. The van der Waals surface area contributed by atoms with E-state index in [4.69, 9.17) is 9.47 Å². The summed E-state index contributed by atoms with van der Waals surface area (Å²) >= 11 is 4.97. The molecule has 0 saturated heterocycles. The van der Waals surface area contributed by atoms with Gasteiger partial charge in [0.15, 0.2) is 9.84 Å². The number of rotatable bonds is 6. The third-order valence-corrected chi connectivity index (χ3v) is 6.13. The summed E-state index contributed by atoms with van der Waals surface area (Å²) in [5, 5.41) is 2.77. The van der Waals surface area contributed by atoms with Crippen molar-refractivity contribution in [2.24, 2.45) is 0 Å². The van der Waals surface area contributed by atoms with Crippen molar-refractivity contribution in [3.8, 4) is 22.1 Å². The highest BCUT2D eigenvalue weighted by Gasteiger charge is 2.12. The molecule has 5 nitrogen and oxygen atoms in total. The second-order valence-electron chi connectivity index (χ2n) is 5.52. The summed E-state index contributed by atoms with van der Waals surface area (Å²) < 4.78 is 35.0. The summed E-state index contributed by atoms with van der Waals surface area (Å²) in [7, 11) is -1.58. The van der Waals surface area contributed by atoms with E-state index in [1.54, 1.807) is 19.2 Å². The molecule has 0 saturated carbocycles. The summed E-state index contributed by atoms with van der Waals surface area (Å²) in [5.41, 5.74) is 1.70. The number of sulfone groups is 1. The predicted molar refractivity (Wildman–Crippen MR) is 106 cm³/mol. The molecule has 3 rings (SSSR count). The molecule has 0 radical (unpaired) electrons. The Kier molecular flexibility index (Phi) is 5.64. The first-order chi connectivity index (χ1) is 12.4. The van der Waals surface area contributed by atoms with Crippen molar-refractivity contribution >= 4 is 37.1 Å². The number of methoxy groups -OCH3 is 1. The standard InChI is InChI=1S/C18H16BrNO4S2/c1-23-17-8-3-12(19)9-16(17)18-20-13(11-25-18)10-24-14-4-6-15(7-5-14)26(2,21)22/h3-9,11H,10H2,1-2H3. The normalized spacial score (nSPS) is 11.3. The molecule has 0 spiro atoms. The SMILES string of the molecule is COc1ccc(Br)cc1-c1nc(COc2ccc(S(C)(=O)=O)cc2)cs1. The van der Waals surface area contributed by atoms with Crippen LogP contribution in [0.5, 0.6) is 11.5 Å². The molecule has 0 aliphatic heterocycles. The van der Waals surface area contributed by atoms with E-state index < -0.39 is 9.84 Å². The first-order valence-electron chi connectivity index (χ1n) is 7.58. The Morgan fingerprint density at radius 1 is 1.15 bits per heavy atom. The minimum Gasteiger partial charge on any atom is -0.496 e. The van der Waals surface area contributed by atoms with Gasteiger partial charge in [-0.05, 0) is 42.5 Å². The molecule has 3 aromatic rings. The van der Waals surface area contributed by atoms with Gasteiger partial charge in [-0.3, -0.25) is 0 Å². The quantitative estimate of drug-likeness (QED) is 0.546. The zero-order valence-corrected chi connectivity index (χ0v) is 17.3. The van der Waals surface area contributed by atoms with Crippen LogP contribution in [0, 0.1) is 0 Å². The number of thiazole rings is 1. The van der Waals surface area contributed by atoms with E-state index in [0.29, 0.717) is 12.4 Å². The van der Waals surface area contributed by atoms with Gasteiger partial charge in [-0.15, -0.1) is 11.3 Å². The van der Waals surface area contributed by atoms with E-state index >= 15 is 0 Å². The van der Waals surface area contributed by atoms with Gasteiger partial charge < -0.3 is 9.47 Å². The van der Waals surface area contributed by atoms with Crippen LogP contribution in [0.2, 0.25) is 0 Å². The van der Waals surface area contributed by atoms with Crippen LogP contribution in [-0.2, 0) is 16.4 Å². The van der Waals surface area contributed by atoms with Gasteiger partial charge in [0.05, 0.1) is 23.3 Å². The van der Waals surface area contributed by atoms with Crippen LogP contribution in [-0.4, -0.2) is 26.8 Å². The fraction of sp³-hybridized carbons (Fsp3) is 0.167. The summed E-state index contributed by atoms with van der Waals surface area (Å²) in [4.78, 5) is 4.87. The van der Waals surface area contributed by atoms with Crippen LogP contribution in [0.4, 0.5) is 0 Å². The largest absolute Gasteiger partial charge is 0.496 e. The smallest absolute Gasteiger partial charge is 0.175 e. The minimum atomic E-state index is -3.21. The van der Waals surface area contributed by atoms with Crippen molar-refractivity contribution in [2.75, 3.05) is 13.4 Å². The van der Waals surface area contributed by atoms with Gasteiger partial charge in [0.2, 0.25) is 0 Å². The fourth-order valence-electron chi connectivity index (χ4n) is 2.28. The zero-order chi connectivity index (χ0) is 18.7. The molecular formula is C18H16BrNO4S2. The average Bonchev–Trinajstić information content (AvgIpc) is 3.08. The Bertz CT molecular complexity index is 1010. The molecule has 0 bridgehead atoms.